The van der Waals surface area contributed by atoms with Crippen molar-refractivity contribution in [3.05, 3.63) is 12.4 Å². The zero-order valence-corrected chi connectivity index (χ0v) is 11.7. The first-order chi connectivity index (χ1) is 8.87. The molecule has 0 spiro atoms. The summed E-state index contributed by atoms with van der Waals surface area (Å²) in [6.07, 6.45) is 3.07. The fourth-order valence-corrected chi connectivity index (χ4v) is 2.65. The van der Waals surface area contributed by atoms with Gasteiger partial charge in [-0.05, 0) is 20.0 Å². The van der Waals surface area contributed by atoms with Crippen LogP contribution in [0.2, 0.25) is 0 Å². The molecular weight excluding hydrogens is 272 g/mol. The smallest absolute Gasteiger partial charge is 0.325 e. The van der Waals surface area contributed by atoms with Crippen molar-refractivity contribution < 1.29 is 18.3 Å². The first-order valence-corrected chi connectivity index (χ1v) is 7.17. The average molecular weight is 290 g/mol. The molecule has 8 nitrogen and oxygen atoms in total. The third kappa shape index (κ3) is 4.30. The molecule has 0 atom stereocenters. The van der Waals surface area contributed by atoms with Gasteiger partial charge in [-0.25, -0.2) is 12.7 Å². The van der Waals surface area contributed by atoms with E-state index < -0.39 is 16.0 Å². The van der Waals surface area contributed by atoms with E-state index in [4.69, 9.17) is 5.11 Å². The third-order valence-corrected chi connectivity index (χ3v) is 4.32. The fraction of sp³-hybridized carbons (Fsp3) is 0.600. The summed E-state index contributed by atoms with van der Waals surface area (Å²) in [5.74, 6) is -1.07. The molecule has 108 valence electrons. The van der Waals surface area contributed by atoms with Gasteiger partial charge in [0.15, 0.2) is 0 Å². The van der Waals surface area contributed by atoms with Gasteiger partial charge in [-0.3, -0.25) is 9.48 Å². The lowest BCUT2D eigenvalue weighted by Gasteiger charge is -2.15. The van der Waals surface area contributed by atoms with Crippen LogP contribution in [0, 0.1) is 0 Å². The quantitative estimate of drug-likeness (QED) is 0.607. The molecule has 0 fully saturated rings. The van der Waals surface area contributed by atoms with E-state index in [1.54, 1.807) is 7.05 Å². The maximum atomic E-state index is 12.1. The number of rotatable bonds is 8. The Morgan fingerprint density at radius 2 is 2.26 bits per heavy atom. The number of carboxylic acids is 1. The van der Waals surface area contributed by atoms with E-state index in [0.29, 0.717) is 13.0 Å². The highest BCUT2D eigenvalue weighted by Crippen LogP contribution is 2.13. The highest BCUT2D eigenvalue weighted by Gasteiger charge is 2.22. The van der Waals surface area contributed by atoms with Crippen molar-refractivity contribution in [2.75, 3.05) is 27.2 Å². The molecule has 0 saturated carbocycles. The molecule has 0 aromatic carbocycles. The highest BCUT2D eigenvalue weighted by molar-refractivity contribution is 7.89. The van der Waals surface area contributed by atoms with Crippen LogP contribution < -0.4 is 5.32 Å². The summed E-state index contributed by atoms with van der Waals surface area (Å²) in [6, 6.07) is 0. The van der Waals surface area contributed by atoms with Crippen molar-refractivity contribution in [3.63, 3.8) is 0 Å². The Hall–Kier alpha value is -1.45. The monoisotopic (exact) mass is 290 g/mol. The Balaban J connectivity index is 2.76. The number of aliphatic carboxylic acids is 1. The standard InChI is InChI=1S/C10H18N4O4S/c1-11-4-3-5-13(2)19(17,18)9-6-12-14(7-9)8-10(15)16/h6-7,11H,3-5,8H2,1-2H3,(H,15,16). The third-order valence-electron chi connectivity index (χ3n) is 2.51. The first kappa shape index (κ1) is 15.6. The number of sulfonamides is 1. The Morgan fingerprint density at radius 3 is 2.84 bits per heavy atom. The largest absolute Gasteiger partial charge is 0.480 e. The van der Waals surface area contributed by atoms with Gasteiger partial charge in [0.1, 0.15) is 11.4 Å². The van der Waals surface area contributed by atoms with Crippen molar-refractivity contribution in [2.24, 2.45) is 0 Å². The van der Waals surface area contributed by atoms with Gasteiger partial charge in [0.05, 0.1) is 6.20 Å². The Morgan fingerprint density at radius 1 is 1.58 bits per heavy atom. The molecule has 1 heterocycles. The molecule has 0 amide bonds. The molecule has 0 aliphatic heterocycles. The maximum absolute atomic E-state index is 12.1. The predicted octanol–water partition coefficient (Wildman–Crippen LogP) is -0.802. The summed E-state index contributed by atoms with van der Waals surface area (Å²) in [6.45, 7) is 0.740. The van der Waals surface area contributed by atoms with Crippen LogP contribution in [0.3, 0.4) is 0 Å². The molecule has 2 N–H and O–H groups in total. The maximum Gasteiger partial charge on any atom is 0.325 e. The second-order valence-corrected chi connectivity index (χ2v) is 6.10. The van der Waals surface area contributed by atoms with Crippen molar-refractivity contribution in [2.45, 2.75) is 17.9 Å². The zero-order chi connectivity index (χ0) is 14.5. The van der Waals surface area contributed by atoms with Crippen LogP contribution in [-0.4, -0.2) is 60.8 Å². The van der Waals surface area contributed by atoms with Crippen LogP contribution in [0.15, 0.2) is 17.3 Å². The van der Waals surface area contributed by atoms with Crippen LogP contribution in [0.4, 0.5) is 0 Å². The Bertz CT molecular complexity index is 525. The van der Waals surface area contributed by atoms with Crippen molar-refractivity contribution in [1.82, 2.24) is 19.4 Å². The van der Waals surface area contributed by atoms with E-state index in [1.807, 2.05) is 0 Å². The number of aromatic nitrogens is 2. The zero-order valence-electron chi connectivity index (χ0n) is 10.9. The van der Waals surface area contributed by atoms with E-state index in [2.05, 4.69) is 10.4 Å². The van der Waals surface area contributed by atoms with E-state index in [9.17, 15) is 13.2 Å². The molecule has 0 aliphatic rings. The summed E-state index contributed by atoms with van der Waals surface area (Å²) in [7, 11) is -0.323. The van der Waals surface area contributed by atoms with E-state index in [-0.39, 0.29) is 11.4 Å². The van der Waals surface area contributed by atoms with Gasteiger partial charge >= 0.3 is 5.97 Å². The molecule has 19 heavy (non-hydrogen) atoms. The summed E-state index contributed by atoms with van der Waals surface area (Å²) in [4.78, 5) is 10.5. The molecule has 0 saturated heterocycles. The first-order valence-electron chi connectivity index (χ1n) is 5.73. The lowest BCUT2D eigenvalue weighted by atomic mass is 10.4. The molecule has 1 rings (SSSR count). The average Bonchev–Trinajstić information content (AvgIpc) is 2.77. The lowest BCUT2D eigenvalue weighted by molar-refractivity contribution is -0.137. The topological polar surface area (TPSA) is 105 Å². The molecule has 0 bridgehead atoms. The highest BCUT2D eigenvalue weighted by atomic mass is 32.2. The van der Waals surface area contributed by atoms with E-state index in [0.717, 1.165) is 17.4 Å². The molecule has 0 aliphatic carbocycles. The van der Waals surface area contributed by atoms with Crippen LogP contribution in [0.1, 0.15) is 6.42 Å². The van der Waals surface area contributed by atoms with Gasteiger partial charge in [-0.2, -0.15) is 5.10 Å². The minimum absolute atomic E-state index is 0.000655. The van der Waals surface area contributed by atoms with Crippen LogP contribution in [0.5, 0.6) is 0 Å². The predicted molar refractivity (Wildman–Crippen MR) is 68.2 cm³/mol. The minimum atomic E-state index is -3.61. The summed E-state index contributed by atoms with van der Waals surface area (Å²) < 4.78 is 26.6. The van der Waals surface area contributed by atoms with Gasteiger partial charge in [0, 0.05) is 19.8 Å². The molecule has 0 radical (unpaired) electrons. The minimum Gasteiger partial charge on any atom is -0.480 e. The number of carbonyl (C=O) groups is 1. The molecule has 9 heteroatoms. The second kappa shape index (κ2) is 6.64. The number of nitrogens with zero attached hydrogens (tertiary/aromatic N) is 3. The second-order valence-electron chi connectivity index (χ2n) is 4.05. The van der Waals surface area contributed by atoms with Crippen LogP contribution >= 0.6 is 0 Å². The van der Waals surface area contributed by atoms with Crippen molar-refractivity contribution in [3.8, 4) is 0 Å². The Kier molecular flexibility index (Phi) is 5.45. The van der Waals surface area contributed by atoms with Crippen LogP contribution in [0.25, 0.3) is 0 Å². The molecule has 1 aromatic rings. The van der Waals surface area contributed by atoms with E-state index >= 15 is 0 Å². The Labute approximate surface area is 112 Å². The van der Waals surface area contributed by atoms with Gasteiger partial charge in [0.25, 0.3) is 0 Å². The van der Waals surface area contributed by atoms with Gasteiger partial charge in [-0.15, -0.1) is 0 Å². The van der Waals surface area contributed by atoms with Gasteiger partial charge in [-0.1, -0.05) is 0 Å². The summed E-state index contributed by atoms with van der Waals surface area (Å²) in [5, 5.41) is 15.3. The fourth-order valence-electron chi connectivity index (χ4n) is 1.48. The van der Waals surface area contributed by atoms with Crippen molar-refractivity contribution in [1.29, 1.82) is 0 Å². The number of carboxylic acid groups (broad SMARTS) is 1. The van der Waals surface area contributed by atoms with Crippen LogP contribution in [-0.2, 0) is 21.4 Å². The van der Waals surface area contributed by atoms with Gasteiger partial charge in [0.2, 0.25) is 10.0 Å². The summed E-state index contributed by atoms with van der Waals surface area (Å²) in [5.41, 5.74) is 0. The number of nitrogens with one attached hydrogen (secondary N) is 1. The molecule has 1 aromatic heterocycles. The molecule has 0 unspecified atom stereocenters. The normalized spacial score (nSPS) is 11.9. The lowest BCUT2D eigenvalue weighted by Crippen LogP contribution is -2.29. The number of hydrogen-bond acceptors (Lipinski definition) is 5. The number of hydrogen-bond donors (Lipinski definition) is 2. The molecular formula is C10H18N4O4S. The SMILES string of the molecule is CNCCCN(C)S(=O)(=O)c1cnn(CC(=O)O)c1. The van der Waals surface area contributed by atoms with Gasteiger partial charge < -0.3 is 10.4 Å². The summed E-state index contributed by atoms with van der Waals surface area (Å²) >= 11 is 0. The van der Waals surface area contributed by atoms with E-state index in [1.165, 1.54) is 17.5 Å². The van der Waals surface area contributed by atoms with Crippen molar-refractivity contribution >= 4 is 16.0 Å².